The molecule has 2 fully saturated rings. The van der Waals surface area contributed by atoms with Crippen LogP contribution in [0.3, 0.4) is 0 Å². The van der Waals surface area contributed by atoms with Crippen LogP contribution in [0.25, 0.3) is 11.3 Å². The predicted octanol–water partition coefficient (Wildman–Crippen LogP) is 7.18. The zero-order valence-corrected chi connectivity index (χ0v) is 43.0. The summed E-state index contributed by atoms with van der Waals surface area (Å²) in [4.78, 5) is 89.5. The van der Waals surface area contributed by atoms with Crippen LogP contribution in [0.15, 0.2) is 96.7 Å². The lowest BCUT2D eigenvalue weighted by atomic mass is 9.90. The number of hydrogen-bond acceptors (Lipinski definition) is 13. The number of aliphatic hydroxyl groups is 1. The summed E-state index contributed by atoms with van der Waals surface area (Å²) < 4.78 is 43.8. The molecule has 0 bridgehead atoms. The number of anilines is 7. The van der Waals surface area contributed by atoms with Gasteiger partial charge in [-0.25, -0.2) is 14.9 Å². The molecule has 77 heavy (non-hydrogen) atoms. The van der Waals surface area contributed by atoms with E-state index in [-0.39, 0.29) is 46.0 Å². The number of alkyl halides is 3. The summed E-state index contributed by atoms with van der Waals surface area (Å²) in [6, 6.07) is 16.3. The molecule has 1 atom stereocenters. The summed E-state index contributed by atoms with van der Waals surface area (Å²) in [5, 5.41) is 17.0. The largest absolute Gasteiger partial charge is 0.433 e. The molecule has 4 aliphatic heterocycles. The number of imide groups is 1. The quantitative estimate of drug-likeness (QED) is 0.0874. The van der Waals surface area contributed by atoms with Gasteiger partial charge in [0.2, 0.25) is 5.91 Å². The van der Waals surface area contributed by atoms with E-state index in [2.05, 4.69) is 67.2 Å². The van der Waals surface area contributed by atoms with E-state index in [0.717, 1.165) is 61.2 Å². The first-order valence-corrected chi connectivity index (χ1v) is 25.7. The molecule has 4 aromatic heterocycles. The van der Waals surface area contributed by atoms with Gasteiger partial charge in [0.15, 0.2) is 5.82 Å². The molecule has 8 heterocycles. The number of fused-ring (bicyclic) bond motifs is 4. The van der Waals surface area contributed by atoms with Gasteiger partial charge in [0, 0.05) is 112 Å². The number of rotatable bonds is 11. The summed E-state index contributed by atoms with van der Waals surface area (Å²) >= 11 is 0. The third-order valence-corrected chi connectivity index (χ3v) is 15.6. The van der Waals surface area contributed by atoms with Crippen molar-refractivity contribution in [2.45, 2.75) is 77.9 Å². The average Bonchev–Trinajstić information content (AvgIpc) is 4.12. The molecule has 1 aliphatic carbocycles. The minimum atomic E-state index is -4.74. The lowest BCUT2D eigenvalue weighted by Crippen LogP contribution is -2.57. The van der Waals surface area contributed by atoms with E-state index in [1.54, 1.807) is 54.7 Å². The van der Waals surface area contributed by atoms with Gasteiger partial charge in [0.25, 0.3) is 23.3 Å². The highest BCUT2D eigenvalue weighted by Gasteiger charge is 2.41. The standard InChI is InChI=1S/C56H57F3N12O6/c1-6-48(73)63-42-24-34(62-49-54(77)65(5)30-43(64-49)38-12-16-61-50(41(38)31-72)70-22-21-69-45(53(70)76)23-33-27-55(3,4)28-46(33)69)7-10-44(42)68-20-19-67(29-32(68)2)35-13-17-66(18-14-35)36-8-9-39-40(25-36)52(75)71(51(39)74)37-11-15-60-47(26-37)56(57,58)59/h6-12,15-16,23-26,30,32,35,72H,1,13-14,17-22,27-29,31H2,2-5H3,(H,62,64)(H,63,73)/t32-/m0/s1. The number of aliphatic hydroxyl groups excluding tert-OH is 1. The second kappa shape index (κ2) is 19.4. The highest BCUT2D eigenvalue weighted by Crippen LogP contribution is 2.41. The van der Waals surface area contributed by atoms with Crippen LogP contribution >= 0.6 is 0 Å². The molecule has 6 aromatic rings. The number of nitrogens with one attached hydrogen (secondary N) is 2. The number of nitrogens with zero attached hydrogens (tertiary/aromatic N) is 10. The number of pyridine rings is 2. The van der Waals surface area contributed by atoms with Crippen molar-refractivity contribution in [1.29, 1.82) is 0 Å². The Morgan fingerprint density at radius 3 is 2.36 bits per heavy atom. The highest BCUT2D eigenvalue weighted by molar-refractivity contribution is 6.34. The van der Waals surface area contributed by atoms with E-state index in [4.69, 9.17) is 4.98 Å². The molecule has 0 radical (unpaired) electrons. The van der Waals surface area contributed by atoms with Crippen LogP contribution in [0.1, 0.15) is 87.3 Å². The highest BCUT2D eigenvalue weighted by atomic mass is 19.4. The summed E-state index contributed by atoms with van der Waals surface area (Å²) in [5.41, 5.74) is 5.37. The van der Waals surface area contributed by atoms with Gasteiger partial charge < -0.3 is 34.7 Å². The van der Waals surface area contributed by atoms with Gasteiger partial charge in [-0.15, -0.1) is 0 Å². The lowest BCUT2D eigenvalue weighted by molar-refractivity contribution is -0.141. The van der Waals surface area contributed by atoms with Crippen molar-refractivity contribution >= 4 is 63.7 Å². The van der Waals surface area contributed by atoms with E-state index >= 15 is 0 Å². The summed E-state index contributed by atoms with van der Waals surface area (Å²) in [7, 11) is 1.61. The van der Waals surface area contributed by atoms with Crippen LogP contribution in [0, 0.1) is 5.41 Å². The summed E-state index contributed by atoms with van der Waals surface area (Å²) in [6.45, 7) is 14.3. The van der Waals surface area contributed by atoms with Crippen molar-refractivity contribution in [3.05, 3.63) is 142 Å². The van der Waals surface area contributed by atoms with Gasteiger partial charge in [0.1, 0.15) is 17.2 Å². The Kier molecular flexibility index (Phi) is 12.9. The number of halogens is 3. The van der Waals surface area contributed by atoms with Crippen LogP contribution in [0.5, 0.6) is 0 Å². The Balaban J connectivity index is 0.765. The molecule has 0 unspecified atom stereocenters. The normalized spacial score (nSPS) is 18.6. The van der Waals surface area contributed by atoms with Gasteiger partial charge in [-0.1, -0.05) is 20.4 Å². The van der Waals surface area contributed by atoms with Crippen LogP contribution < -0.4 is 35.8 Å². The smallest absolute Gasteiger partial charge is 0.392 e. The topological polar surface area (TPSA) is 194 Å². The molecule has 5 aliphatic rings. The van der Waals surface area contributed by atoms with Crippen molar-refractivity contribution in [1.82, 2.24) is 29.0 Å². The SMILES string of the molecule is C=CC(=O)Nc1cc(Nc2nc(-c3ccnc(N4CCn5c(cc6c5CC(C)(C)C6)C4=O)c3CO)cn(C)c2=O)ccc1N1CCN(C2CCN(c3ccc4c(c3)C(=O)N(c3ccnc(C(F)(F)F)c3)C4=O)CC2)C[C@@H]1C. The number of aromatic nitrogens is 5. The van der Waals surface area contributed by atoms with E-state index < -0.39 is 41.8 Å². The molecule has 398 valence electrons. The van der Waals surface area contributed by atoms with Crippen molar-refractivity contribution in [2.24, 2.45) is 12.5 Å². The van der Waals surface area contributed by atoms with Crippen molar-refractivity contribution < 1.29 is 37.5 Å². The van der Waals surface area contributed by atoms with Crippen LogP contribution in [-0.2, 0) is 44.0 Å². The van der Waals surface area contributed by atoms with Gasteiger partial charge in [0.05, 0.1) is 40.5 Å². The third kappa shape index (κ3) is 9.30. The molecule has 2 aromatic carbocycles. The fraction of sp³-hybridized carbons (Fsp3) is 0.357. The van der Waals surface area contributed by atoms with Crippen LogP contribution in [0.4, 0.5) is 53.2 Å². The number of aryl methyl sites for hydroxylation is 1. The Morgan fingerprint density at radius 2 is 1.62 bits per heavy atom. The minimum absolute atomic E-state index is 0.00302. The first kappa shape index (κ1) is 51.0. The first-order valence-electron chi connectivity index (χ1n) is 25.7. The first-order chi connectivity index (χ1) is 36.8. The van der Waals surface area contributed by atoms with Crippen molar-refractivity contribution in [2.75, 3.05) is 69.5 Å². The van der Waals surface area contributed by atoms with Gasteiger partial charge in [-0.2, -0.15) is 13.2 Å². The molecule has 3 N–H and O–H groups in total. The van der Waals surface area contributed by atoms with E-state index in [0.29, 0.717) is 78.5 Å². The summed E-state index contributed by atoms with van der Waals surface area (Å²) in [5.74, 6) is -1.66. The molecule has 0 saturated carbocycles. The third-order valence-electron chi connectivity index (χ3n) is 15.6. The molecular formula is C56H57F3N12O6. The zero-order chi connectivity index (χ0) is 54.2. The van der Waals surface area contributed by atoms with E-state index in [1.165, 1.54) is 28.0 Å². The second-order valence-electron chi connectivity index (χ2n) is 21.2. The maximum atomic E-state index is 14.1. The molecule has 0 spiro atoms. The average molecular weight is 1050 g/mol. The Bertz CT molecular complexity index is 3490. The fourth-order valence-electron chi connectivity index (χ4n) is 11.9. The molecule has 11 rings (SSSR count). The number of carbonyl (C=O) groups excluding carboxylic acids is 4. The molecule has 18 nitrogen and oxygen atoms in total. The lowest BCUT2D eigenvalue weighted by Gasteiger charge is -2.47. The number of benzene rings is 2. The Hall–Kier alpha value is -8.17. The van der Waals surface area contributed by atoms with E-state index in [9.17, 15) is 42.3 Å². The Morgan fingerprint density at radius 1 is 0.857 bits per heavy atom. The zero-order valence-electron chi connectivity index (χ0n) is 43.0. The number of carbonyl (C=O) groups is 4. The van der Waals surface area contributed by atoms with E-state index in [1.807, 2.05) is 18.2 Å². The van der Waals surface area contributed by atoms with Gasteiger partial charge >= 0.3 is 6.18 Å². The molecular weight excluding hydrogens is 994 g/mol. The number of piperazine rings is 1. The Labute approximate surface area is 441 Å². The molecule has 21 heteroatoms. The minimum Gasteiger partial charge on any atom is -0.392 e. The maximum Gasteiger partial charge on any atom is 0.433 e. The van der Waals surface area contributed by atoms with Gasteiger partial charge in [-0.3, -0.25) is 38.8 Å². The number of hydrogen-bond donors (Lipinski definition) is 3. The summed E-state index contributed by atoms with van der Waals surface area (Å²) in [6.07, 6.45) is 3.98. The van der Waals surface area contributed by atoms with Gasteiger partial charge in [-0.05, 0) is 110 Å². The fourth-order valence-corrected chi connectivity index (χ4v) is 11.9. The molecule has 4 amide bonds. The number of piperidine rings is 1. The number of amides is 4. The monoisotopic (exact) mass is 1050 g/mol. The second-order valence-corrected chi connectivity index (χ2v) is 21.2. The van der Waals surface area contributed by atoms with Crippen LogP contribution in [0.2, 0.25) is 0 Å². The van der Waals surface area contributed by atoms with Crippen LogP contribution in [-0.4, -0.2) is 109 Å². The maximum absolute atomic E-state index is 14.1. The van der Waals surface area contributed by atoms with Crippen molar-refractivity contribution in [3.63, 3.8) is 0 Å². The predicted molar refractivity (Wildman–Crippen MR) is 285 cm³/mol. The molecule has 2 saturated heterocycles. The van der Waals surface area contributed by atoms with Crippen molar-refractivity contribution in [3.8, 4) is 11.3 Å².